The van der Waals surface area contributed by atoms with Crippen LogP contribution < -0.4 is 10.6 Å². The molecule has 1 aliphatic heterocycles. The maximum absolute atomic E-state index is 12.7. The van der Waals surface area contributed by atoms with Gasteiger partial charge >= 0.3 is 12.0 Å². The maximum atomic E-state index is 12.7. The van der Waals surface area contributed by atoms with E-state index in [-0.39, 0.29) is 10.8 Å². The van der Waals surface area contributed by atoms with E-state index in [0.717, 1.165) is 11.3 Å². The van der Waals surface area contributed by atoms with Gasteiger partial charge in [0.05, 0.1) is 5.92 Å². The molecule has 2 aromatic rings. The van der Waals surface area contributed by atoms with E-state index in [1.54, 1.807) is 41.8 Å². The van der Waals surface area contributed by atoms with Crippen molar-refractivity contribution in [3.8, 4) is 0 Å². The number of anilines is 1. The molecule has 2 atom stereocenters. The number of ether oxygens (including phenoxy) is 1. The summed E-state index contributed by atoms with van der Waals surface area (Å²) in [5.74, 6) is -2.13. The fourth-order valence-electron chi connectivity index (χ4n) is 3.11. The highest BCUT2D eigenvalue weighted by atomic mass is 32.2. The fraction of sp³-hybridized carbons (Fsp3) is 0.350. The van der Waals surface area contributed by atoms with E-state index in [1.807, 2.05) is 0 Å². The molecule has 0 radical (unpaired) electrons. The summed E-state index contributed by atoms with van der Waals surface area (Å²) in [4.78, 5) is 36.6. The van der Waals surface area contributed by atoms with E-state index < -0.39 is 40.0 Å². The third-order valence-electron chi connectivity index (χ3n) is 4.74. The number of esters is 1. The standard InChI is InChI=1S/C20H23N3O6S2/c1-14(18(24)22-20(26)21-16-8-3-2-4-9-16)29-19(25)15-7-5-11-23(13-15)31(27,28)17-10-6-12-30-17/h2-4,6,8-10,12,14-15H,5,7,11,13H2,1H3,(H2,21,22,24,26). The first-order chi connectivity index (χ1) is 14.8. The van der Waals surface area contributed by atoms with Gasteiger partial charge < -0.3 is 10.1 Å². The molecule has 2 unspecified atom stereocenters. The smallest absolute Gasteiger partial charge is 0.325 e. The Labute approximate surface area is 184 Å². The Morgan fingerprint density at radius 2 is 1.90 bits per heavy atom. The molecule has 9 nitrogen and oxygen atoms in total. The largest absolute Gasteiger partial charge is 0.452 e. The van der Waals surface area contributed by atoms with Crippen molar-refractivity contribution in [2.75, 3.05) is 18.4 Å². The van der Waals surface area contributed by atoms with E-state index in [4.69, 9.17) is 4.74 Å². The number of sulfonamides is 1. The molecule has 166 valence electrons. The zero-order valence-corrected chi connectivity index (χ0v) is 18.4. The van der Waals surface area contributed by atoms with Gasteiger partial charge in [-0.15, -0.1) is 11.3 Å². The summed E-state index contributed by atoms with van der Waals surface area (Å²) in [6.07, 6.45) is -0.249. The van der Waals surface area contributed by atoms with Crippen molar-refractivity contribution in [1.82, 2.24) is 9.62 Å². The minimum atomic E-state index is -3.66. The Balaban J connectivity index is 1.52. The molecule has 1 aromatic heterocycles. The van der Waals surface area contributed by atoms with Gasteiger partial charge in [0.1, 0.15) is 4.21 Å². The van der Waals surface area contributed by atoms with Crippen LogP contribution in [0.5, 0.6) is 0 Å². The lowest BCUT2D eigenvalue weighted by Gasteiger charge is -2.30. The number of benzene rings is 1. The van der Waals surface area contributed by atoms with E-state index in [2.05, 4.69) is 10.6 Å². The summed E-state index contributed by atoms with van der Waals surface area (Å²) in [5, 5.41) is 6.29. The Bertz CT molecular complexity index is 1020. The predicted molar refractivity (Wildman–Crippen MR) is 115 cm³/mol. The number of nitrogens with one attached hydrogen (secondary N) is 2. The molecule has 0 spiro atoms. The van der Waals surface area contributed by atoms with Crippen LogP contribution in [0.4, 0.5) is 10.5 Å². The monoisotopic (exact) mass is 465 g/mol. The van der Waals surface area contributed by atoms with Gasteiger partial charge in [-0.2, -0.15) is 4.31 Å². The number of nitrogens with zero attached hydrogens (tertiary/aromatic N) is 1. The van der Waals surface area contributed by atoms with Crippen LogP contribution in [-0.4, -0.2) is 49.8 Å². The molecule has 11 heteroatoms. The SMILES string of the molecule is CC(OC(=O)C1CCCN(S(=O)(=O)c2cccs2)C1)C(=O)NC(=O)Nc1ccccc1. The van der Waals surface area contributed by atoms with Gasteiger partial charge in [-0.25, -0.2) is 13.2 Å². The Morgan fingerprint density at radius 1 is 1.16 bits per heavy atom. The summed E-state index contributed by atoms with van der Waals surface area (Å²) >= 11 is 1.12. The van der Waals surface area contributed by atoms with Gasteiger partial charge in [0.25, 0.3) is 15.9 Å². The number of hydrogen-bond acceptors (Lipinski definition) is 7. The highest BCUT2D eigenvalue weighted by molar-refractivity contribution is 7.91. The third kappa shape index (κ3) is 5.90. The molecule has 1 fully saturated rings. The molecule has 3 amide bonds. The number of para-hydroxylation sites is 1. The maximum Gasteiger partial charge on any atom is 0.325 e. The lowest BCUT2D eigenvalue weighted by atomic mass is 10.00. The van der Waals surface area contributed by atoms with E-state index >= 15 is 0 Å². The Kier molecular flexibility index (Phi) is 7.42. The number of piperidine rings is 1. The minimum Gasteiger partial charge on any atom is -0.452 e. The summed E-state index contributed by atoms with van der Waals surface area (Å²) in [5.41, 5.74) is 0.506. The molecule has 1 saturated heterocycles. The molecule has 0 bridgehead atoms. The second-order valence-electron chi connectivity index (χ2n) is 7.02. The van der Waals surface area contributed by atoms with E-state index in [0.29, 0.717) is 25.1 Å². The molecule has 2 heterocycles. The number of imide groups is 1. The van der Waals surface area contributed by atoms with Crippen molar-refractivity contribution in [2.24, 2.45) is 5.92 Å². The zero-order valence-electron chi connectivity index (χ0n) is 16.8. The van der Waals surface area contributed by atoms with Crippen molar-refractivity contribution < 1.29 is 27.5 Å². The van der Waals surface area contributed by atoms with Crippen molar-refractivity contribution in [3.63, 3.8) is 0 Å². The van der Waals surface area contributed by atoms with Gasteiger partial charge in [0, 0.05) is 18.8 Å². The first-order valence-electron chi connectivity index (χ1n) is 9.68. The highest BCUT2D eigenvalue weighted by Gasteiger charge is 2.35. The average molecular weight is 466 g/mol. The van der Waals surface area contributed by atoms with Crippen molar-refractivity contribution in [1.29, 1.82) is 0 Å². The second-order valence-corrected chi connectivity index (χ2v) is 10.1. The van der Waals surface area contributed by atoms with Crippen LogP contribution in [0.3, 0.4) is 0 Å². The summed E-state index contributed by atoms with van der Waals surface area (Å²) in [6, 6.07) is 11.0. The molecular weight excluding hydrogens is 442 g/mol. The van der Waals surface area contributed by atoms with Crippen LogP contribution in [0.15, 0.2) is 52.1 Å². The van der Waals surface area contributed by atoms with Crippen LogP contribution in [0.2, 0.25) is 0 Å². The predicted octanol–water partition coefficient (Wildman–Crippen LogP) is 2.43. The van der Waals surface area contributed by atoms with Crippen LogP contribution in [0.1, 0.15) is 19.8 Å². The molecule has 0 saturated carbocycles. The number of carbonyl (C=O) groups excluding carboxylic acids is 3. The number of urea groups is 1. The number of rotatable bonds is 6. The molecular formula is C20H23N3O6S2. The minimum absolute atomic E-state index is 0.0120. The van der Waals surface area contributed by atoms with Gasteiger partial charge in [-0.3, -0.25) is 14.9 Å². The normalized spacial score (nSPS) is 18.0. The van der Waals surface area contributed by atoms with Gasteiger partial charge in [0.2, 0.25) is 0 Å². The molecule has 0 aliphatic carbocycles. The number of hydrogen-bond donors (Lipinski definition) is 2. The van der Waals surface area contributed by atoms with Crippen molar-refractivity contribution in [2.45, 2.75) is 30.1 Å². The molecule has 3 rings (SSSR count). The zero-order chi connectivity index (χ0) is 22.4. The first kappa shape index (κ1) is 22.9. The highest BCUT2D eigenvalue weighted by Crippen LogP contribution is 2.27. The van der Waals surface area contributed by atoms with Gasteiger partial charge in [-0.1, -0.05) is 24.3 Å². The lowest BCUT2D eigenvalue weighted by Crippen LogP contribution is -2.45. The molecule has 2 N–H and O–H groups in total. The molecule has 31 heavy (non-hydrogen) atoms. The fourth-order valence-corrected chi connectivity index (χ4v) is 5.78. The van der Waals surface area contributed by atoms with E-state index in [9.17, 15) is 22.8 Å². The van der Waals surface area contributed by atoms with Crippen molar-refractivity contribution >= 4 is 45.0 Å². The molecule has 1 aliphatic rings. The first-order valence-corrected chi connectivity index (χ1v) is 12.0. The summed E-state index contributed by atoms with van der Waals surface area (Å²) in [7, 11) is -3.66. The Morgan fingerprint density at radius 3 is 2.58 bits per heavy atom. The number of amides is 3. The average Bonchev–Trinajstić information content (AvgIpc) is 3.30. The Hall–Kier alpha value is -2.76. The number of thiophene rings is 1. The lowest BCUT2D eigenvalue weighted by molar-refractivity contribution is -0.159. The number of carbonyl (C=O) groups is 3. The quantitative estimate of drug-likeness (QED) is 0.632. The molecule has 1 aromatic carbocycles. The van der Waals surface area contributed by atoms with Crippen LogP contribution in [-0.2, 0) is 24.3 Å². The van der Waals surface area contributed by atoms with Gasteiger partial charge in [0.15, 0.2) is 6.10 Å². The van der Waals surface area contributed by atoms with Gasteiger partial charge in [-0.05, 0) is 43.3 Å². The van der Waals surface area contributed by atoms with Crippen LogP contribution >= 0.6 is 11.3 Å². The summed E-state index contributed by atoms with van der Waals surface area (Å²) < 4.78 is 32.1. The topological polar surface area (TPSA) is 122 Å². The van der Waals surface area contributed by atoms with Crippen LogP contribution in [0, 0.1) is 5.92 Å². The summed E-state index contributed by atoms with van der Waals surface area (Å²) in [6.45, 7) is 1.66. The third-order valence-corrected chi connectivity index (χ3v) is 7.98. The van der Waals surface area contributed by atoms with Crippen LogP contribution in [0.25, 0.3) is 0 Å². The van der Waals surface area contributed by atoms with E-state index in [1.165, 1.54) is 17.3 Å². The van der Waals surface area contributed by atoms with Crippen molar-refractivity contribution in [3.05, 3.63) is 47.8 Å². The second kappa shape index (κ2) is 10.0.